The Bertz CT molecular complexity index is 461. The molecule has 0 fully saturated rings. The molecule has 2 rings (SSSR count). The van der Waals surface area contributed by atoms with Gasteiger partial charge >= 0.3 is 0 Å². The van der Waals surface area contributed by atoms with Crippen LogP contribution in [0.25, 0.3) is 0 Å². The van der Waals surface area contributed by atoms with Crippen molar-refractivity contribution in [1.29, 1.82) is 0 Å². The molecule has 5 heteroatoms. The van der Waals surface area contributed by atoms with Crippen LogP contribution in [-0.2, 0) is 0 Å². The van der Waals surface area contributed by atoms with Crippen molar-refractivity contribution in [3.63, 3.8) is 0 Å². The summed E-state index contributed by atoms with van der Waals surface area (Å²) in [6, 6.07) is 8.61. The SMILES string of the molecule is Cl.N[C@@H](c1cccs1)c1cccc(Br)c1F. The number of nitrogens with two attached hydrogens (primary N) is 1. The van der Waals surface area contributed by atoms with Gasteiger partial charge in [0.1, 0.15) is 5.82 Å². The van der Waals surface area contributed by atoms with Crippen LogP contribution in [-0.4, -0.2) is 0 Å². The minimum Gasteiger partial charge on any atom is -0.320 e. The third-order valence-corrected chi connectivity index (χ3v) is 3.73. The van der Waals surface area contributed by atoms with Gasteiger partial charge in [-0.25, -0.2) is 4.39 Å². The Balaban J connectivity index is 0.00000128. The fraction of sp³-hybridized carbons (Fsp3) is 0.0909. The van der Waals surface area contributed by atoms with E-state index in [0.29, 0.717) is 10.0 Å². The molecule has 86 valence electrons. The molecule has 1 aromatic carbocycles. The monoisotopic (exact) mass is 321 g/mol. The lowest BCUT2D eigenvalue weighted by Crippen LogP contribution is -2.12. The van der Waals surface area contributed by atoms with Gasteiger partial charge in [-0.05, 0) is 33.4 Å². The topological polar surface area (TPSA) is 26.0 Å². The predicted octanol–water partition coefficient (Wildman–Crippen LogP) is 4.12. The molecule has 0 aliphatic heterocycles. The average Bonchev–Trinajstić information content (AvgIpc) is 2.74. The zero-order valence-corrected chi connectivity index (χ0v) is 11.4. The van der Waals surface area contributed by atoms with Crippen molar-refractivity contribution in [2.75, 3.05) is 0 Å². The van der Waals surface area contributed by atoms with Crippen molar-refractivity contribution in [3.05, 3.63) is 56.4 Å². The first-order valence-corrected chi connectivity index (χ1v) is 6.10. The van der Waals surface area contributed by atoms with Gasteiger partial charge < -0.3 is 5.73 Å². The number of thiophene rings is 1. The fourth-order valence-corrected chi connectivity index (χ4v) is 2.51. The second-order valence-electron chi connectivity index (χ2n) is 3.14. The Labute approximate surface area is 112 Å². The highest BCUT2D eigenvalue weighted by Crippen LogP contribution is 2.28. The largest absolute Gasteiger partial charge is 0.320 e. The summed E-state index contributed by atoms with van der Waals surface area (Å²) in [7, 11) is 0. The molecule has 16 heavy (non-hydrogen) atoms. The highest BCUT2D eigenvalue weighted by Gasteiger charge is 2.15. The van der Waals surface area contributed by atoms with Gasteiger partial charge in [-0.15, -0.1) is 23.7 Å². The van der Waals surface area contributed by atoms with E-state index in [9.17, 15) is 4.39 Å². The van der Waals surface area contributed by atoms with Gasteiger partial charge in [0.25, 0.3) is 0 Å². The molecule has 0 aliphatic carbocycles. The molecule has 0 aliphatic rings. The summed E-state index contributed by atoms with van der Waals surface area (Å²) in [5.41, 5.74) is 6.50. The molecule has 0 saturated heterocycles. The molecule has 0 bridgehead atoms. The van der Waals surface area contributed by atoms with Gasteiger partial charge in [0.05, 0.1) is 10.5 Å². The molecule has 0 unspecified atom stereocenters. The third kappa shape index (κ3) is 2.63. The lowest BCUT2D eigenvalue weighted by Gasteiger charge is -2.11. The van der Waals surface area contributed by atoms with Gasteiger partial charge in [-0.3, -0.25) is 0 Å². The van der Waals surface area contributed by atoms with Crippen molar-refractivity contribution in [2.24, 2.45) is 5.73 Å². The van der Waals surface area contributed by atoms with E-state index in [1.165, 1.54) is 11.3 Å². The minimum atomic E-state index is -0.387. The van der Waals surface area contributed by atoms with Crippen LogP contribution < -0.4 is 5.73 Å². The molecule has 1 nitrogen and oxygen atoms in total. The van der Waals surface area contributed by atoms with Crippen LogP contribution in [0.1, 0.15) is 16.5 Å². The summed E-state index contributed by atoms with van der Waals surface area (Å²) < 4.78 is 14.2. The maximum absolute atomic E-state index is 13.7. The van der Waals surface area contributed by atoms with Gasteiger partial charge in [-0.2, -0.15) is 0 Å². The van der Waals surface area contributed by atoms with E-state index in [-0.39, 0.29) is 24.3 Å². The van der Waals surface area contributed by atoms with Gasteiger partial charge in [0.2, 0.25) is 0 Å². The second kappa shape index (κ2) is 5.77. The molecule has 2 N–H and O–H groups in total. The first-order valence-electron chi connectivity index (χ1n) is 4.43. The van der Waals surface area contributed by atoms with Crippen molar-refractivity contribution >= 4 is 39.7 Å². The molecule has 0 radical (unpaired) electrons. The van der Waals surface area contributed by atoms with Crippen LogP contribution in [0.3, 0.4) is 0 Å². The summed E-state index contributed by atoms with van der Waals surface area (Å²) in [6.45, 7) is 0. The molecule has 1 atom stereocenters. The lowest BCUT2D eigenvalue weighted by atomic mass is 10.1. The van der Waals surface area contributed by atoms with Gasteiger partial charge in [0, 0.05) is 10.4 Å². The molecular formula is C11H10BrClFNS. The number of hydrogen-bond donors (Lipinski definition) is 1. The third-order valence-electron chi connectivity index (χ3n) is 2.17. The van der Waals surface area contributed by atoms with E-state index in [2.05, 4.69) is 15.9 Å². The molecular weight excluding hydrogens is 313 g/mol. The number of hydrogen-bond acceptors (Lipinski definition) is 2. The minimum absolute atomic E-state index is 0. The quantitative estimate of drug-likeness (QED) is 0.884. The Morgan fingerprint density at radius 1 is 1.25 bits per heavy atom. The Morgan fingerprint density at radius 2 is 2.00 bits per heavy atom. The molecule has 1 aromatic heterocycles. The second-order valence-corrected chi connectivity index (χ2v) is 4.97. The van der Waals surface area contributed by atoms with Crippen molar-refractivity contribution in [1.82, 2.24) is 0 Å². The van der Waals surface area contributed by atoms with Gasteiger partial charge in [-0.1, -0.05) is 18.2 Å². The number of rotatable bonds is 2. The molecule has 0 spiro atoms. The van der Waals surface area contributed by atoms with Crippen molar-refractivity contribution in [3.8, 4) is 0 Å². The summed E-state index contributed by atoms with van der Waals surface area (Å²) in [5, 5.41) is 1.94. The van der Waals surface area contributed by atoms with E-state index >= 15 is 0 Å². The predicted molar refractivity (Wildman–Crippen MR) is 71.7 cm³/mol. The number of benzene rings is 1. The first-order chi connectivity index (χ1) is 7.20. The standard InChI is InChI=1S/C11H9BrFNS.ClH/c12-8-4-1-3-7(10(8)13)11(14)9-5-2-6-15-9;/h1-6,11H,14H2;1H/t11-;/m1./s1. The highest BCUT2D eigenvalue weighted by molar-refractivity contribution is 9.10. The van der Waals surface area contributed by atoms with Crippen LogP contribution in [0, 0.1) is 5.82 Å². The van der Waals surface area contributed by atoms with E-state index in [1.807, 2.05) is 17.5 Å². The first kappa shape index (κ1) is 13.6. The van der Waals surface area contributed by atoms with Crippen molar-refractivity contribution < 1.29 is 4.39 Å². The molecule has 0 amide bonds. The summed E-state index contributed by atoms with van der Waals surface area (Å²) in [5.74, 6) is -0.279. The smallest absolute Gasteiger partial charge is 0.142 e. The molecule has 0 saturated carbocycles. The van der Waals surface area contributed by atoms with Crippen LogP contribution in [0.5, 0.6) is 0 Å². The molecule has 2 aromatic rings. The Hall–Kier alpha value is -0.420. The maximum atomic E-state index is 13.7. The van der Waals surface area contributed by atoms with Gasteiger partial charge in [0.15, 0.2) is 0 Å². The van der Waals surface area contributed by atoms with E-state index in [4.69, 9.17) is 5.73 Å². The Morgan fingerprint density at radius 3 is 2.62 bits per heavy atom. The van der Waals surface area contributed by atoms with Crippen LogP contribution in [0.15, 0.2) is 40.2 Å². The number of halogens is 3. The summed E-state index contributed by atoms with van der Waals surface area (Å²) in [6.07, 6.45) is 0. The summed E-state index contributed by atoms with van der Waals surface area (Å²) >= 11 is 4.68. The van der Waals surface area contributed by atoms with E-state index < -0.39 is 0 Å². The lowest BCUT2D eigenvalue weighted by molar-refractivity contribution is 0.594. The fourth-order valence-electron chi connectivity index (χ4n) is 1.38. The summed E-state index contributed by atoms with van der Waals surface area (Å²) in [4.78, 5) is 0.965. The zero-order valence-electron chi connectivity index (χ0n) is 8.19. The highest BCUT2D eigenvalue weighted by atomic mass is 79.9. The van der Waals surface area contributed by atoms with Crippen molar-refractivity contribution in [2.45, 2.75) is 6.04 Å². The molecule has 1 heterocycles. The van der Waals surface area contributed by atoms with Crippen LogP contribution in [0.4, 0.5) is 4.39 Å². The normalized spacial score (nSPS) is 11.9. The van der Waals surface area contributed by atoms with Crippen LogP contribution in [0.2, 0.25) is 0 Å². The zero-order chi connectivity index (χ0) is 10.8. The average molecular weight is 323 g/mol. The van der Waals surface area contributed by atoms with E-state index in [0.717, 1.165) is 4.88 Å². The maximum Gasteiger partial charge on any atom is 0.142 e. The Kier molecular flexibility index (Phi) is 4.92. The van der Waals surface area contributed by atoms with E-state index in [1.54, 1.807) is 18.2 Å². The van der Waals surface area contributed by atoms with Crippen LogP contribution >= 0.6 is 39.7 Å².